The van der Waals surface area contributed by atoms with Gasteiger partial charge in [0.05, 0.1) is 23.5 Å². The van der Waals surface area contributed by atoms with Crippen molar-refractivity contribution in [3.63, 3.8) is 0 Å². The standard InChI is InChI=1S/C37H48N5O21P3S/c1-2-41(27-11-10-25-20-28(36(47)61-29(25)21-27)24-12-17-40(18-13-24)15-7-19-67(56,57)58)16-5-3-4-9-31(43)38-14-6-8-26-22-42(37(48)39-34(26)46)35-33(45)32(44)30(60-35)23-59-65(52,53)63-66(54,55)62-64(49,50)51/h6,8,10-13,17-18,20-22,30,32-33,35,44-45H,2-5,7,9,14-16,19,23H2,1H3,(H6-,38,39,43,46,48,49,50,51,52,53,54,55,56,57,58)/p+1/b8-6+/t30-,32-,33-,35-/m1/s1. The number of unbranched alkanes of at least 4 members (excludes halogenated alkanes) is 2. The lowest BCUT2D eigenvalue weighted by Crippen LogP contribution is -2.38. The number of hydrogen-bond donors (Lipinski definition) is 9. The first-order valence-corrected chi connectivity index (χ1v) is 26.3. The highest BCUT2D eigenvalue weighted by molar-refractivity contribution is 7.85. The molecule has 6 atom stereocenters. The van der Waals surface area contributed by atoms with Gasteiger partial charge in [-0.05, 0) is 38.0 Å². The van der Waals surface area contributed by atoms with Crippen LogP contribution in [0.2, 0.25) is 0 Å². The number of benzene rings is 1. The minimum absolute atomic E-state index is 0.0160. The molecule has 0 saturated carbocycles. The Balaban J connectivity index is 1.06. The normalized spacial score (nSPS) is 19.6. The average molecular weight is 1020 g/mol. The number of carbonyl (C=O) groups is 1. The maximum atomic E-state index is 13.0. The molecular formula is C37H49N5O21P3S+. The van der Waals surface area contributed by atoms with Gasteiger partial charge in [0.2, 0.25) is 5.91 Å². The highest BCUT2D eigenvalue weighted by Crippen LogP contribution is 2.66. The number of ether oxygens (including phenoxy) is 1. The van der Waals surface area contributed by atoms with Gasteiger partial charge in [0.25, 0.3) is 15.7 Å². The number of nitrogens with zero attached hydrogens (tertiary/aromatic N) is 3. The van der Waals surface area contributed by atoms with Crippen molar-refractivity contribution >= 4 is 62.2 Å². The monoisotopic (exact) mass is 1020 g/mol. The molecule has 0 aliphatic carbocycles. The topological polar surface area (TPSA) is 385 Å². The minimum atomic E-state index is -5.84. The maximum Gasteiger partial charge on any atom is 0.490 e. The molecule has 9 N–H and O–H groups in total. The van der Waals surface area contributed by atoms with Gasteiger partial charge in [-0.2, -0.15) is 17.0 Å². The van der Waals surface area contributed by atoms with Gasteiger partial charge in [-0.3, -0.25) is 28.2 Å². The van der Waals surface area contributed by atoms with Crippen molar-refractivity contribution in [1.82, 2.24) is 14.9 Å². The summed E-state index contributed by atoms with van der Waals surface area (Å²) in [6, 6.07) is 10.8. The summed E-state index contributed by atoms with van der Waals surface area (Å²) in [5.74, 6) is -0.634. The summed E-state index contributed by atoms with van der Waals surface area (Å²) in [6.07, 6.45) is 2.28. The van der Waals surface area contributed by atoms with Crippen molar-refractivity contribution in [2.75, 3.05) is 36.9 Å². The van der Waals surface area contributed by atoms with Gasteiger partial charge in [-0.1, -0.05) is 18.6 Å². The number of aliphatic hydroxyl groups is 2. The van der Waals surface area contributed by atoms with E-state index in [0.29, 0.717) is 59.1 Å². The van der Waals surface area contributed by atoms with E-state index in [1.54, 1.807) is 41.2 Å². The number of aryl methyl sites for hydroxylation is 1. The van der Waals surface area contributed by atoms with Crippen LogP contribution in [0, 0.1) is 0 Å². The van der Waals surface area contributed by atoms with Gasteiger partial charge in [0.1, 0.15) is 30.4 Å². The highest BCUT2D eigenvalue weighted by Gasteiger charge is 2.47. The van der Waals surface area contributed by atoms with E-state index >= 15 is 0 Å². The predicted octanol–water partition coefficient (Wildman–Crippen LogP) is 1.05. The Morgan fingerprint density at radius 1 is 0.970 bits per heavy atom. The first-order chi connectivity index (χ1) is 31.3. The Labute approximate surface area is 380 Å². The van der Waals surface area contributed by atoms with Gasteiger partial charge in [0, 0.05) is 73.5 Å². The highest BCUT2D eigenvalue weighted by atomic mass is 32.2. The molecule has 368 valence electrons. The number of aromatic nitrogens is 3. The van der Waals surface area contributed by atoms with Crippen LogP contribution in [0.5, 0.6) is 0 Å². The molecule has 1 aromatic carbocycles. The van der Waals surface area contributed by atoms with Crippen LogP contribution in [0.3, 0.4) is 0 Å². The van der Waals surface area contributed by atoms with Gasteiger partial charge in [-0.15, -0.1) is 0 Å². The number of hydrogen-bond acceptors (Lipinski definition) is 17. The van der Waals surface area contributed by atoms with Crippen molar-refractivity contribution in [2.45, 2.75) is 70.1 Å². The molecule has 5 rings (SSSR count). The van der Waals surface area contributed by atoms with Gasteiger partial charge < -0.3 is 49.2 Å². The summed E-state index contributed by atoms with van der Waals surface area (Å²) in [5, 5.41) is 24.4. The maximum absolute atomic E-state index is 13.0. The van der Waals surface area contributed by atoms with Crippen LogP contribution >= 0.6 is 23.5 Å². The number of anilines is 1. The second kappa shape index (κ2) is 22.7. The van der Waals surface area contributed by atoms with E-state index in [2.05, 4.69) is 23.4 Å². The van der Waals surface area contributed by atoms with Crippen molar-refractivity contribution in [2.24, 2.45) is 0 Å². The molecule has 1 amide bonds. The van der Waals surface area contributed by atoms with Gasteiger partial charge >= 0.3 is 34.8 Å². The summed E-state index contributed by atoms with van der Waals surface area (Å²) in [5.41, 5.74) is -0.400. The fourth-order valence-corrected chi connectivity index (χ4v) is 10.3. The summed E-state index contributed by atoms with van der Waals surface area (Å²) < 4.78 is 90.5. The summed E-state index contributed by atoms with van der Waals surface area (Å²) in [6.45, 7) is 2.51. The van der Waals surface area contributed by atoms with Gasteiger partial charge in [0.15, 0.2) is 18.6 Å². The largest absolute Gasteiger partial charge is 0.490 e. The zero-order valence-corrected chi connectivity index (χ0v) is 38.9. The fraction of sp³-hybridized carbons (Fsp3) is 0.432. The second-order valence-electron chi connectivity index (χ2n) is 14.9. The lowest BCUT2D eigenvalue weighted by molar-refractivity contribution is -0.696. The summed E-state index contributed by atoms with van der Waals surface area (Å²) in [4.78, 5) is 91.1. The number of amides is 1. The summed E-state index contributed by atoms with van der Waals surface area (Å²) >= 11 is 0. The first-order valence-electron chi connectivity index (χ1n) is 20.2. The number of phosphoric ester groups is 1. The van der Waals surface area contributed by atoms with Crippen molar-refractivity contribution in [1.29, 1.82) is 0 Å². The van der Waals surface area contributed by atoms with Crippen LogP contribution in [0.4, 0.5) is 5.69 Å². The zero-order valence-electron chi connectivity index (χ0n) is 35.4. The quantitative estimate of drug-likeness (QED) is 0.0156. The molecule has 3 aromatic heterocycles. The Bertz CT molecular complexity index is 2870. The number of aliphatic hydroxyl groups excluding tert-OH is 2. The van der Waals surface area contributed by atoms with Crippen LogP contribution < -0.4 is 31.7 Å². The molecule has 0 bridgehead atoms. The van der Waals surface area contributed by atoms with Crippen LogP contribution in [0.25, 0.3) is 28.2 Å². The van der Waals surface area contributed by atoms with E-state index in [-0.39, 0.29) is 36.6 Å². The summed E-state index contributed by atoms with van der Waals surface area (Å²) in [7, 11) is -21.2. The SMILES string of the molecule is CCN(CCCCCC(=O)NC/C=C/c1cn([C@@H]2O[C@H](COP(=O)(O)OP(=O)(O)OP(=O)(O)O)[C@@H](O)[C@H]2O)c(=O)[nH]c1=O)c1ccc2cc(-c3cc[n+](CCCS(=O)(=O)O)cc3)c(=O)oc2c1. The third-order valence-corrected chi connectivity index (χ3v) is 14.6. The molecule has 0 radical (unpaired) electrons. The lowest BCUT2D eigenvalue weighted by atomic mass is 10.1. The van der Waals surface area contributed by atoms with E-state index in [1.165, 1.54) is 12.2 Å². The number of H-pyrrole nitrogens is 1. The van der Waals surface area contributed by atoms with E-state index in [9.17, 15) is 61.3 Å². The molecule has 1 saturated heterocycles. The van der Waals surface area contributed by atoms with E-state index in [1.807, 2.05) is 24.0 Å². The predicted molar refractivity (Wildman–Crippen MR) is 235 cm³/mol. The van der Waals surface area contributed by atoms with Crippen LogP contribution in [0.15, 0.2) is 79.9 Å². The number of aromatic amines is 1. The molecule has 30 heteroatoms. The Hall–Kier alpha value is -4.53. The van der Waals surface area contributed by atoms with Crippen molar-refractivity contribution < 1.29 is 88.1 Å². The van der Waals surface area contributed by atoms with Crippen LogP contribution in [-0.4, -0.2) is 109 Å². The number of phosphoric acid groups is 3. The molecule has 1 aliphatic rings. The van der Waals surface area contributed by atoms with E-state index < -0.39 is 81.6 Å². The average Bonchev–Trinajstić information content (AvgIpc) is 3.50. The molecule has 4 aromatic rings. The molecule has 26 nitrogen and oxygen atoms in total. The third-order valence-electron chi connectivity index (χ3n) is 9.96. The zero-order chi connectivity index (χ0) is 49.3. The Morgan fingerprint density at radius 3 is 2.36 bits per heavy atom. The van der Waals surface area contributed by atoms with Crippen LogP contribution in [0.1, 0.15) is 50.8 Å². The molecule has 1 aliphatic heterocycles. The fourth-order valence-electron chi connectivity index (χ4n) is 6.77. The van der Waals surface area contributed by atoms with E-state index in [4.69, 9.17) is 23.5 Å². The van der Waals surface area contributed by atoms with Crippen molar-refractivity contribution in [3.05, 3.63) is 97.9 Å². The second-order valence-corrected chi connectivity index (χ2v) is 20.9. The van der Waals surface area contributed by atoms with Crippen molar-refractivity contribution in [3.8, 4) is 11.1 Å². The molecule has 2 unspecified atom stereocenters. The molecule has 4 heterocycles. The van der Waals surface area contributed by atoms with Crippen LogP contribution in [-0.2, 0) is 53.0 Å². The molecule has 0 spiro atoms. The Morgan fingerprint density at radius 2 is 1.69 bits per heavy atom. The number of carbonyl (C=O) groups excluding carboxylic acids is 1. The Kier molecular flexibility index (Phi) is 18.1. The first kappa shape index (κ1) is 53.4. The number of nitrogens with one attached hydrogen (secondary N) is 2. The molecule has 67 heavy (non-hydrogen) atoms. The number of rotatable bonds is 24. The number of fused-ring (bicyclic) bond motifs is 1. The number of pyridine rings is 1. The lowest BCUT2D eigenvalue weighted by Gasteiger charge is -2.23. The molecular weight excluding hydrogens is 975 g/mol. The van der Waals surface area contributed by atoms with Gasteiger partial charge in [-0.25, -0.2) is 27.9 Å². The minimum Gasteiger partial charge on any atom is -0.422 e. The molecule has 1 fully saturated rings. The van der Waals surface area contributed by atoms with E-state index in [0.717, 1.165) is 18.3 Å². The third kappa shape index (κ3) is 16.0. The smallest absolute Gasteiger partial charge is 0.422 e.